The molecular formula is C23H19Cl2NO2S. The van der Waals surface area contributed by atoms with Gasteiger partial charge in [0.15, 0.2) is 5.78 Å². The molecule has 148 valence electrons. The molecule has 0 spiro atoms. The van der Waals surface area contributed by atoms with Crippen molar-refractivity contribution in [3.63, 3.8) is 0 Å². The zero-order valence-corrected chi connectivity index (χ0v) is 18.4. The molecule has 3 nitrogen and oxygen atoms in total. The summed E-state index contributed by atoms with van der Waals surface area (Å²) in [4.78, 5) is 17.8. The average molecular weight is 444 g/mol. The van der Waals surface area contributed by atoms with Gasteiger partial charge in [0.05, 0.1) is 17.7 Å². The molecule has 1 aliphatic rings. The van der Waals surface area contributed by atoms with Crippen molar-refractivity contribution in [2.24, 2.45) is 0 Å². The number of pyridine rings is 1. The third kappa shape index (κ3) is 4.02. The van der Waals surface area contributed by atoms with Gasteiger partial charge in [0, 0.05) is 26.9 Å². The van der Waals surface area contributed by atoms with Crippen molar-refractivity contribution in [1.29, 1.82) is 0 Å². The molecular weight excluding hydrogens is 425 g/mol. The van der Waals surface area contributed by atoms with E-state index in [0.29, 0.717) is 39.4 Å². The van der Waals surface area contributed by atoms with Gasteiger partial charge < -0.3 is 4.74 Å². The van der Waals surface area contributed by atoms with Gasteiger partial charge in [-0.2, -0.15) is 11.8 Å². The fourth-order valence-electron chi connectivity index (χ4n) is 3.57. The van der Waals surface area contributed by atoms with Crippen LogP contribution in [0.3, 0.4) is 0 Å². The topological polar surface area (TPSA) is 39.2 Å². The van der Waals surface area contributed by atoms with Gasteiger partial charge in [0.1, 0.15) is 5.60 Å². The fraction of sp³-hybridized carbons (Fsp3) is 0.217. The molecule has 2 aromatic carbocycles. The van der Waals surface area contributed by atoms with Crippen LogP contribution in [-0.4, -0.2) is 28.4 Å². The van der Waals surface area contributed by atoms with Crippen LogP contribution in [0.2, 0.25) is 10.0 Å². The number of Topliss-reactive ketones (excluding diaryl/α,β-unsaturated/α-hetero) is 1. The summed E-state index contributed by atoms with van der Waals surface area (Å²) in [6, 6.07) is 16.9. The van der Waals surface area contributed by atoms with Gasteiger partial charge in [-0.15, -0.1) is 0 Å². The number of halogens is 2. The lowest BCUT2D eigenvalue weighted by Gasteiger charge is -2.34. The predicted molar refractivity (Wildman–Crippen MR) is 121 cm³/mol. The standard InChI is InChI=1S/C23H19Cl2NO2S/c1-23(13-29-2)12-20(27)18-11-17(14-7-9-15(24)10-8-14)21(26-22(18)28-23)16-5-3-4-6-19(16)25/h3-11H,12-13H2,1-2H3. The van der Waals surface area contributed by atoms with E-state index in [4.69, 9.17) is 32.9 Å². The molecule has 0 amide bonds. The molecule has 1 atom stereocenters. The van der Waals surface area contributed by atoms with Gasteiger partial charge in [0.2, 0.25) is 5.88 Å². The maximum absolute atomic E-state index is 13.0. The first-order chi connectivity index (χ1) is 13.9. The minimum Gasteiger partial charge on any atom is -0.469 e. The number of benzene rings is 2. The van der Waals surface area contributed by atoms with E-state index in [1.54, 1.807) is 11.8 Å². The second kappa shape index (κ2) is 8.02. The number of rotatable bonds is 4. The van der Waals surface area contributed by atoms with Crippen molar-refractivity contribution in [2.75, 3.05) is 12.0 Å². The highest BCUT2D eigenvalue weighted by atomic mass is 35.5. The van der Waals surface area contributed by atoms with E-state index in [-0.39, 0.29) is 5.78 Å². The number of aromatic nitrogens is 1. The average Bonchev–Trinajstić information content (AvgIpc) is 2.68. The molecule has 6 heteroatoms. The zero-order valence-electron chi connectivity index (χ0n) is 16.0. The highest BCUT2D eigenvalue weighted by Gasteiger charge is 2.38. The summed E-state index contributed by atoms with van der Waals surface area (Å²) in [5.74, 6) is 1.11. The van der Waals surface area contributed by atoms with Gasteiger partial charge in [-0.3, -0.25) is 4.79 Å². The number of ketones is 1. The van der Waals surface area contributed by atoms with Crippen LogP contribution in [0.25, 0.3) is 22.4 Å². The van der Waals surface area contributed by atoms with Gasteiger partial charge >= 0.3 is 0 Å². The third-order valence-electron chi connectivity index (χ3n) is 4.90. The van der Waals surface area contributed by atoms with Crippen LogP contribution in [0.4, 0.5) is 0 Å². The van der Waals surface area contributed by atoms with Gasteiger partial charge in [-0.1, -0.05) is 53.5 Å². The van der Waals surface area contributed by atoms with Crippen molar-refractivity contribution in [2.45, 2.75) is 18.9 Å². The minimum absolute atomic E-state index is 0.0382. The van der Waals surface area contributed by atoms with E-state index in [9.17, 15) is 4.79 Å². The van der Waals surface area contributed by atoms with E-state index >= 15 is 0 Å². The molecule has 1 unspecified atom stereocenters. The maximum Gasteiger partial charge on any atom is 0.225 e. The Morgan fingerprint density at radius 2 is 1.79 bits per heavy atom. The summed E-state index contributed by atoms with van der Waals surface area (Å²) in [5, 5.41) is 1.23. The van der Waals surface area contributed by atoms with E-state index in [1.165, 1.54) is 0 Å². The SMILES string of the molecule is CSCC1(C)CC(=O)c2cc(-c3ccc(Cl)cc3)c(-c3ccccc3Cl)nc2O1. The van der Waals surface area contributed by atoms with Gasteiger partial charge in [-0.05, 0) is 43.0 Å². The lowest BCUT2D eigenvalue weighted by Crippen LogP contribution is -2.41. The van der Waals surface area contributed by atoms with Crippen LogP contribution in [0, 0.1) is 0 Å². The fourth-order valence-corrected chi connectivity index (χ4v) is 4.70. The Hall–Kier alpha value is -2.01. The van der Waals surface area contributed by atoms with Crippen LogP contribution < -0.4 is 4.74 Å². The van der Waals surface area contributed by atoms with Crippen molar-refractivity contribution in [1.82, 2.24) is 4.98 Å². The molecule has 2 heterocycles. The van der Waals surface area contributed by atoms with E-state index < -0.39 is 5.60 Å². The first-order valence-corrected chi connectivity index (χ1v) is 11.3. The Morgan fingerprint density at radius 1 is 1.07 bits per heavy atom. The lowest BCUT2D eigenvalue weighted by atomic mass is 9.91. The first kappa shape index (κ1) is 20.3. The molecule has 0 fully saturated rings. The number of hydrogen-bond acceptors (Lipinski definition) is 4. The number of hydrogen-bond donors (Lipinski definition) is 0. The van der Waals surface area contributed by atoms with Crippen molar-refractivity contribution in [3.05, 3.63) is 70.2 Å². The maximum atomic E-state index is 13.0. The summed E-state index contributed by atoms with van der Waals surface area (Å²) >= 11 is 14.2. The van der Waals surface area contributed by atoms with E-state index in [2.05, 4.69) is 0 Å². The second-order valence-electron chi connectivity index (χ2n) is 7.31. The third-order valence-corrected chi connectivity index (χ3v) is 6.38. The highest BCUT2D eigenvalue weighted by Crippen LogP contribution is 2.41. The summed E-state index contributed by atoms with van der Waals surface area (Å²) < 4.78 is 6.23. The van der Waals surface area contributed by atoms with E-state index in [0.717, 1.165) is 16.7 Å². The number of ether oxygens (including phenoxy) is 1. The number of carbonyl (C=O) groups excluding carboxylic acids is 1. The molecule has 3 aromatic rings. The molecule has 1 aliphatic heterocycles. The van der Waals surface area contributed by atoms with Crippen LogP contribution >= 0.6 is 35.0 Å². The van der Waals surface area contributed by atoms with Crippen LogP contribution in [0.15, 0.2) is 54.6 Å². The Labute approximate surface area is 184 Å². The Bertz CT molecular complexity index is 1080. The quantitative estimate of drug-likeness (QED) is 0.443. The van der Waals surface area contributed by atoms with Crippen LogP contribution in [-0.2, 0) is 0 Å². The molecule has 0 saturated carbocycles. The molecule has 0 aliphatic carbocycles. The molecule has 0 radical (unpaired) electrons. The number of fused-ring (bicyclic) bond motifs is 1. The minimum atomic E-state index is -0.573. The first-order valence-electron chi connectivity index (χ1n) is 9.17. The van der Waals surface area contributed by atoms with Crippen molar-refractivity contribution < 1.29 is 9.53 Å². The smallest absolute Gasteiger partial charge is 0.225 e. The Morgan fingerprint density at radius 3 is 2.48 bits per heavy atom. The summed E-state index contributed by atoms with van der Waals surface area (Å²) in [6.45, 7) is 1.95. The largest absolute Gasteiger partial charge is 0.469 e. The molecule has 4 rings (SSSR count). The molecule has 0 saturated heterocycles. The Kier molecular flexibility index (Phi) is 5.60. The summed E-state index contributed by atoms with van der Waals surface area (Å²) in [5.41, 5.74) is 3.12. The van der Waals surface area contributed by atoms with Crippen molar-refractivity contribution in [3.8, 4) is 28.3 Å². The molecule has 29 heavy (non-hydrogen) atoms. The van der Waals surface area contributed by atoms with Gasteiger partial charge in [0.25, 0.3) is 0 Å². The number of nitrogens with zero attached hydrogens (tertiary/aromatic N) is 1. The van der Waals surface area contributed by atoms with Crippen LogP contribution in [0.5, 0.6) is 5.88 Å². The number of thioether (sulfide) groups is 1. The highest BCUT2D eigenvalue weighted by molar-refractivity contribution is 7.98. The molecule has 0 bridgehead atoms. The molecule has 1 aromatic heterocycles. The summed E-state index contributed by atoms with van der Waals surface area (Å²) in [7, 11) is 0. The molecule has 0 N–H and O–H groups in total. The second-order valence-corrected chi connectivity index (χ2v) is 9.02. The normalized spacial score (nSPS) is 18.3. The van der Waals surface area contributed by atoms with Gasteiger partial charge in [-0.25, -0.2) is 4.98 Å². The Balaban J connectivity index is 1.94. The monoisotopic (exact) mass is 443 g/mol. The van der Waals surface area contributed by atoms with E-state index in [1.807, 2.05) is 67.8 Å². The number of carbonyl (C=O) groups is 1. The lowest BCUT2D eigenvalue weighted by molar-refractivity contribution is 0.0614. The van der Waals surface area contributed by atoms with Crippen LogP contribution in [0.1, 0.15) is 23.7 Å². The predicted octanol–water partition coefficient (Wildman–Crippen LogP) is 6.81. The van der Waals surface area contributed by atoms with Crippen molar-refractivity contribution >= 4 is 40.7 Å². The summed E-state index contributed by atoms with van der Waals surface area (Å²) in [6.07, 6.45) is 2.33. The zero-order chi connectivity index (χ0) is 20.6.